The molecular formula is C5H12AlN5. The van der Waals surface area contributed by atoms with Crippen LogP contribution in [0, 0.1) is 0 Å². The van der Waals surface area contributed by atoms with Gasteiger partial charge in [-0.1, -0.05) is 0 Å². The van der Waals surface area contributed by atoms with E-state index in [9.17, 15) is 0 Å². The summed E-state index contributed by atoms with van der Waals surface area (Å²) in [5.74, 6) is 0. The average molecular weight is 169 g/mol. The van der Waals surface area contributed by atoms with Crippen LogP contribution < -0.4 is 5.73 Å². The van der Waals surface area contributed by atoms with Gasteiger partial charge in [0, 0.05) is 12.4 Å². The third-order valence-corrected chi connectivity index (χ3v) is 0.684. The fraction of sp³-hybridized carbons (Fsp3) is 0. The van der Waals surface area contributed by atoms with Crippen molar-refractivity contribution >= 4 is 23.0 Å². The smallest absolute Gasteiger partial charge is 0.693 e. The Labute approximate surface area is 77.3 Å². The molecule has 0 radical (unpaired) electrons. The minimum atomic E-state index is 0. The molecule has 6 heteroatoms. The van der Waals surface area contributed by atoms with Gasteiger partial charge in [-0.25, -0.2) is 0 Å². The van der Waals surface area contributed by atoms with Gasteiger partial charge in [-0.3, -0.25) is 4.98 Å². The first-order valence-electron chi connectivity index (χ1n) is 2.05. The minimum Gasteiger partial charge on any atom is -0.693 e. The summed E-state index contributed by atoms with van der Waals surface area (Å²) in [6.07, 6.45) is 3.30. The van der Waals surface area contributed by atoms with E-state index in [1.54, 1.807) is 24.5 Å². The molecule has 0 saturated carbocycles. The fourth-order valence-corrected chi connectivity index (χ4v) is 0.376. The van der Waals surface area contributed by atoms with Crippen LogP contribution in [-0.4, -0.2) is 22.3 Å². The zero-order chi connectivity index (χ0) is 5.11. The SMILES string of the molecule is Nc1cccnc1.[Al+3].[NH2-].[NH2-].[NH2-]. The summed E-state index contributed by atoms with van der Waals surface area (Å²) in [5.41, 5.74) is 6.01. The van der Waals surface area contributed by atoms with Crippen molar-refractivity contribution in [3.8, 4) is 0 Å². The molecule has 0 saturated heterocycles. The number of nitrogens with zero attached hydrogens (tertiary/aromatic N) is 1. The van der Waals surface area contributed by atoms with Gasteiger partial charge < -0.3 is 24.2 Å². The molecule has 1 aromatic rings. The van der Waals surface area contributed by atoms with E-state index in [1.807, 2.05) is 0 Å². The molecule has 0 bridgehead atoms. The Morgan fingerprint density at radius 3 is 1.91 bits per heavy atom. The van der Waals surface area contributed by atoms with Crippen LogP contribution in [0.2, 0.25) is 0 Å². The molecule has 1 heterocycles. The van der Waals surface area contributed by atoms with Crippen molar-refractivity contribution in [3.63, 3.8) is 0 Å². The predicted molar refractivity (Wildman–Crippen MR) is 50.3 cm³/mol. The molecule has 0 spiro atoms. The second-order valence-corrected chi connectivity index (χ2v) is 1.29. The quantitative estimate of drug-likeness (QED) is 0.595. The summed E-state index contributed by atoms with van der Waals surface area (Å²) in [7, 11) is 0. The van der Waals surface area contributed by atoms with Crippen molar-refractivity contribution in [3.05, 3.63) is 43.0 Å². The van der Waals surface area contributed by atoms with Crippen molar-refractivity contribution in [2.75, 3.05) is 5.73 Å². The summed E-state index contributed by atoms with van der Waals surface area (Å²) in [6, 6.07) is 3.60. The van der Waals surface area contributed by atoms with Crippen LogP contribution in [0.1, 0.15) is 0 Å². The van der Waals surface area contributed by atoms with Crippen LogP contribution in [0.15, 0.2) is 24.5 Å². The summed E-state index contributed by atoms with van der Waals surface area (Å²) in [4.78, 5) is 3.76. The van der Waals surface area contributed by atoms with Gasteiger partial charge >= 0.3 is 17.4 Å². The first kappa shape index (κ1) is 22.4. The summed E-state index contributed by atoms with van der Waals surface area (Å²) < 4.78 is 0. The van der Waals surface area contributed by atoms with Gasteiger partial charge in [-0.15, -0.1) is 0 Å². The number of rotatable bonds is 0. The van der Waals surface area contributed by atoms with Gasteiger partial charge in [0.1, 0.15) is 0 Å². The number of nitrogen functional groups attached to an aromatic ring is 1. The molecule has 0 fully saturated rings. The van der Waals surface area contributed by atoms with Crippen molar-refractivity contribution in [1.29, 1.82) is 0 Å². The van der Waals surface area contributed by atoms with Crippen molar-refractivity contribution in [1.82, 2.24) is 4.98 Å². The minimum absolute atomic E-state index is 0. The van der Waals surface area contributed by atoms with Gasteiger partial charge in [0.15, 0.2) is 0 Å². The van der Waals surface area contributed by atoms with Crippen LogP contribution in [0.3, 0.4) is 0 Å². The molecule has 0 aliphatic heterocycles. The molecule has 60 valence electrons. The van der Waals surface area contributed by atoms with Gasteiger partial charge in [0.2, 0.25) is 0 Å². The maximum absolute atomic E-state index is 5.30. The number of aromatic nitrogens is 1. The Balaban J connectivity index is -0.0000000612. The largest absolute Gasteiger partial charge is 3.00 e. The topological polar surface area (TPSA) is 139 Å². The predicted octanol–water partition coefficient (Wildman–Crippen LogP) is 2.43. The molecule has 8 N–H and O–H groups in total. The molecule has 0 aliphatic rings. The van der Waals surface area contributed by atoms with E-state index in [0.29, 0.717) is 5.69 Å². The van der Waals surface area contributed by atoms with Crippen molar-refractivity contribution in [2.24, 2.45) is 0 Å². The number of pyridine rings is 1. The van der Waals surface area contributed by atoms with Gasteiger partial charge in [0.05, 0.1) is 5.69 Å². The van der Waals surface area contributed by atoms with Crippen molar-refractivity contribution < 1.29 is 0 Å². The van der Waals surface area contributed by atoms with Gasteiger partial charge in [-0.05, 0) is 12.1 Å². The summed E-state index contributed by atoms with van der Waals surface area (Å²) in [5, 5.41) is 0. The molecule has 0 atom stereocenters. The number of anilines is 1. The first-order chi connectivity index (χ1) is 3.39. The molecular weight excluding hydrogens is 157 g/mol. The molecule has 0 amide bonds. The normalized spacial score (nSPS) is 5.45. The van der Waals surface area contributed by atoms with Crippen LogP contribution >= 0.6 is 0 Å². The van der Waals surface area contributed by atoms with E-state index < -0.39 is 0 Å². The molecule has 1 aromatic heterocycles. The Hall–Kier alpha value is -0.638. The Bertz CT molecular complexity index is 145. The average Bonchev–Trinajstić information content (AvgIpc) is 1.69. The molecule has 0 aliphatic carbocycles. The van der Waals surface area contributed by atoms with Crippen LogP contribution in [-0.2, 0) is 0 Å². The fourth-order valence-electron chi connectivity index (χ4n) is 0.376. The molecule has 11 heavy (non-hydrogen) atoms. The van der Waals surface area contributed by atoms with Gasteiger partial charge in [-0.2, -0.15) is 0 Å². The van der Waals surface area contributed by atoms with Crippen LogP contribution in [0.5, 0.6) is 0 Å². The first-order valence-corrected chi connectivity index (χ1v) is 2.05. The standard InChI is InChI=1S/C5H6N2.Al.3H2N/c6-5-2-1-3-7-4-5;;;;/h1-4H,6H2;;3*1H2/q;+3;3*-1. The summed E-state index contributed by atoms with van der Waals surface area (Å²) >= 11 is 0. The third kappa shape index (κ3) is 9.36. The Morgan fingerprint density at radius 2 is 1.73 bits per heavy atom. The summed E-state index contributed by atoms with van der Waals surface area (Å²) in [6.45, 7) is 0. The molecule has 0 unspecified atom stereocenters. The van der Waals surface area contributed by atoms with Gasteiger partial charge in [0.25, 0.3) is 0 Å². The van der Waals surface area contributed by atoms with E-state index >= 15 is 0 Å². The second kappa shape index (κ2) is 12.1. The molecule has 5 nitrogen and oxygen atoms in total. The van der Waals surface area contributed by atoms with E-state index in [4.69, 9.17) is 5.73 Å². The monoisotopic (exact) mass is 169 g/mol. The van der Waals surface area contributed by atoms with E-state index in [0.717, 1.165) is 0 Å². The zero-order valence-electron chi connectivity index (χ0n) is 6.14. The molecule has 0 aromatic carbocycles. The Kier molecular flexibility index (Phi) is 24.6. The van der Waals surface area contributed by atoms with E-state index in [-0.39, 0.29) is 35.8 Å². The maximum atomic E-state index is 5.30. The number of hydrogen-bond acceptors (Lipinski definition) is 2. The number of hydrogen-bond donors (Lipinski definition) is 1. The van der Waals surface area contributed by atoms with Crippen molar-refractivity contribution in [2.45, 2.75) is 0 Å². The van der Waals surface area contributed by atoms with Crippen LogP contribution in [0.4, 0.5) is 5.69 Å². The zero-order valence-corrected chi connectivity index (χ0v) is 7.30. The molecule has 1 rings (SSSR count). The maximum Gasteiger partial charge on any atom is 3.00 e. The van der Waals surface area contributed by atoms with E-state index in [2.05, 4.69) is 4.98 Å². The third-order valence-electron chi connectivity index (χ3n) is 0.684. The second-order valence-electron chi connectivity index (χ2n) is 1.29. The van der Waals surface area contributed by atoms with E-state index in [1.165, 1.54) is 0 Å². The van der Waals surface area contributed by atoms with Crippen LogP contribution in [0.25, 0.3) is 18.5 Å². The number of nitrogens with two attached hydrogens (primary N) is 4. The Morgan fingerprint density at radius 1 is 1.18 bits per heavy atom.